The Morgan fingerprint density at radius 1 is 1.26 bits per heavy atom. The molecular formula is C14H14N4O. The van der Waals surface area contributed by atoms with Gasteiger partial charge in [0, 0.05) is 24.2 Å². The molecule has 1 aromatic carbocycles. The number of ether oxygens (including phenoxy) is 1. The largest absolute Gasteiger partial charge is 0.496 e. The quantitative estimate of drug-likeness (QED) is 0.775. The Bertz CT molecular complexity index is 720. The number of nitrogens with zero attached hydrogens (tertiary/aromatic N) is 3. The van der Waals surface area contributed by atoms with Crippen molar-refractivity contribution in [3.63, 3.8) is 0 Å². The summed E-state index contributed by atoms with van der Waals surface area (Å²) in [5.74, 6) is 1.44. The molecule has 2 heterocycles. The highest BCUT2D eigenvalue weighted by atomic mass is 16.5. The molecule has 0 aliphatic carbocycles. The summed E-state index contributed by atoms with van der Waals surface area (Å²) in [6.07, 6.45) is 2.37. The number of nitrogen functional groups attached to an aromatic ring is 1. The van der Waals surface area contributed by atoms with Gasteiger partial charge < -0.3 is 10.5 Å². The van der Waals surface area contributed by atoms with Crippen LogP contribution in [0.4, 0.5) is 5.82 Å². The molecule has 19 heavy (non-hydrogen) atoms. The van der Waals surface area contributed by atoms with Crippen LogP contribution in [0.3, 0.4) is 0 Å². The molecule has 0 fully saturated rings. The van der Waals surface area contributed by atoms with Crippen molar-refractivity contribution in [2.45, 2.75) is 6.42 Å². The van der Waals surface area contributed by atoms with Gasteiger partial charge in [-0.1, -0.05) is 18.2 Å². The molecule has 0 atom stereocenters. The molecule has 0 bridgehead atoms. The van der Waals surface area contributed by atoms with E-state index < -0.39 is 0 Å². The van der Waals surface area contributed by atoms with Crippen molar-refractivity contribution in [3.8, 4) is 5.75 Å². The minimum atomic E-state index is 0.580. The molecule has 96 valence electrons. The lowest BCUT2D eigenvalue weighted by molar-refractivity contribution is 0.410. The molecule has 0 amide bonds. The number of benzene rings is 1. The minimum absolute atomic E-state index is 0.580. The summed E-state index contributed by atoms with van der Waals surface area (Å²) in [6.45, 7) is 0. The average Bonchev–Trinajstić information content (AvgIpc) is 2.83. The van der Waals surface area contributed by atoms with Gasteiger partial charge in [-0.3, -0.25) is 0 Å². The van der Waals surface area contributed by atoms with Crippen LogP contribution in [0.1, 0.15) is 11.3 Å². The monoisotopic (exact) mass is 254 g/mol. The highest BCUT2D eigenvalue weighted by Crippen LogP contribution is 2.21. The third-order valence-electron chi connectivity index (χ3n) is 3.00. The Hall–Kier alpha value is -2.56. The minimum Gasteiger partial charge on any atom is -0.496 e. The first-order valence-corrected chi connectivity index (χ1v) is 5.99. The maximum absolute atomic E-state index is 5.85. The predicted molar refractivity (Wildman–Crippen MR) is 73.2 cm³/mol. The second-order valence-corrected chi connectivity index (χ2v) is 4.26. The predicted octanol–water partition coefficient (Wildman–Crippen LogP) is 1.91. The number of hydrogen-bond acceptors (Lipinski definition) is 4. The van der Waals surface area contributed by atoms with Crippen molar-refractivity contribution in [3.05, 3.63) is 53.9 Å². The molecule has 0 radical (unpaired) electrons. The van der Waals surface area contributed by atoms with E-state index in [4.69, 9.17) is 10.5 Å². The van der Waals surface area contributed by atoms with Gasteiger partial charge in [0.25, 0.3) is 0 Å². The third-order valence-corrected chi connectivity index (χ3v) is 3.00. The first kappa shape index (κ1) is 11.5. The Labute approximate surface area is 110 Å². The first-order chi connectivity index (χ1) is 9.28. The van der Waals surface area contributed by atoms with Gasteiger partial charge in [-0.05, 0) is 12.1 Å². The zero-order valence-electron chi connectivity index (χ0n) is 10.6. The van der Waals surface area contributed by atoms with E-state index in [-0.39, 0.29) is 0 Å². The standard InChI is InChI=1S/C14H14N4O/c1-19-12-5-3-2-4-10(12)8-11-9-14-16-7-6-13(15)18(14)17-11/h2-7,9H,8,15H2,1H3. The fraction of sp³-hybridized carbons (Fsp3) is 0.143. The number of para-hydroxylation sites is 1. The Morgan fingerprint density at radius 3 is 2.89 bits per heavy atom. The fourth-order valence-corrected chi connectivity index (χ4v) is 2.09. The third kappa shape index (κ3) is 2.10. The van der Waals surface area contributed by atoms with Gasteiger partial charge in [-0.25, -0.2) is 4.98 Å². The summed E-state index contributed by atoms with van der Waals surface area (Å²) >= 11 is 0. The molecule has 0 unspecified atom stereocenters. The van der Waals surface area contributed by atoms with Crippen LogP contribution in [-0.4, -0.2) is 21.7 Å². The molecular weight excluding hydrogens is 240 g/mol. The average molecular weight is 254 g/mol. The van der Waals surface area contributed by atoms with E-state index in [1.807, 2.05) is 30.3 Å². The van der Waals surface area contributed by atoms with Crippen LogP contribution in [0.15, 0.2) is 42.6 Å². The second kappa shape index (κ2) is 4.61. The van der Waals surface area contributed by atoms with Gasteiger partial charge in [0.1, 0.15) is 11.6 Å². The zero-order chi connectivity index (χ0) is 13.2. The van der Waals surface area contributed by atoms with Crippen LogP contribution in [0.25, 0.3) is 5.65 Å². The van der Waals surface area contributed by atoms with Gasteiger partial charge in [-0.15, -0.1) is 0 Å². The normalized spacial score (nSPS) is 10.8. The van der Waals surface area contributed by atoms with Gasteiger partial charge in [0.05, 0.1) is 12.8 Å². The lowest BCUT2D eigenvalue weighted by Crippen LogP contribution is -1.99. The molecule has 0 saturated heterocycles. The van der Waals surface area contributed by atoms with Crippen LogP contribution in [0.2, 0.25) is 0 Å². The zero-order valence-corrected chi connectivity index (χ0v) is 10.6. The molecule has 0 saturated carbocycles. The molecule has 0 aliphatic rings. The summed E-state index contributed by atoms with van der Waals surface area (Å²) in [4.78, 5) is 4.24. The van der Waals surface area contributed by atoms with E-state index in [1.165, 1.54) is 0 Å². The number of aromatic nitrogens is 3. The molecule has 0 aliphatic heterocycles. The maximum Gasteiger partial charge on any atom is 0.157 e. The van der Waals surface area contributed by atoms with Gasteiger partial charge >= 0.3 is 0 Å². The van der Waals surface area contributed by atoms with Crippen molar-refractivity contribution in [1.29, 1.82) is 0 Å². The summed E-state index contributed by atoms with van der Waals surface area (Å²) in [5, 5.41) is 4.46. The molecule has 3 rings (SSSR count). The number of hydrogen-bond donors (Lipinski definition) is 1. The van der Waals surface area contributed by atoms with Gasteiger partial charge in [-0.2, -0.15) is 9.61 Å². The van der Waals surface area contributed by atoms with E-state index in [1.54, 1.807) is 23.9 Å². The number of anilines is 1. The van der Waals surface area contributed by atoms with Crippen molar-refractivity contribution in [1.82, 2.24) is 14.6 Å². The van der Waals surface area contributed by atoms with Gasteiger partial charge in [0.15, 0.2) is 5.65 Å². The van der Waals surface area contributed by atoms with Crippen LogP contribution in [0.5, 0.6) is 5.75 Å². The van der Waals surface area contributed by atoms with Crippen molar-refractivity contribution in [2.24, 2.45) is 0 Å². The second-order valence-electron chi connectivity index (χ2n) is 4.26. The van der Waals surface area contributed by atoms with Gasteiger partial charge in [0.2, 0.25) is 0 Å². The molecule has 2 N–H and O–H groups in total. The lowest BCUT2D eigenvalue weighted by atomic mass is 10.1. The number of rotatable bonds is 3. The molecule has 3 aromatic rings. The topological polar surface area (TPSA) is 65.4 Å². The van der Waals surface area contributed by atoms with E-state index in [2.05, 4.69) is 10.1 Å². The van der Waals surface area contributed by atoms with Crippen LogP contribution in [-0.2, 0) is 6.42 Å². The highest BCUT2D eigenvalue weighted by Gasteiger charge is 2.08. The first-order valence-electron chi connectivity index (χ1n) is 5.99. The smallest absolute Gasteiger partial charge is 0.157 e. The summed E-state index contributed by atoms with van der Waals surface area (Å²) in [5.41, 5.74) is 8.61. The fourth-order valence-electron chi connectivity index (χ4n) is 2.09. The van der Waals surface area contributed by atoms with E-state index >= 15 is 0 Å². The maximum atomic E-state index is 5.85. The summed E-state index contributed by atoms with van der Waals surface area (Å²) in [7, 11) is 1.67. The number of methoxy groups -OCH3 is 1. The van der Waals surface area contributed by atoms with Crippen LogP contribution < -0.4 is 10.5 Å². The summed E-state index contributed by atoms with van der Waals surface area (Å²) in [6, 6.07) is 11.6. The van der Waals surface area contributed by atoms with Crippen LogP contribution in [0, 0.1) is 0 Å². The van der Waals surface area contributed by atoms with E-state index in [9.17, 15) is 0 Å². The highest BCUT2D eigenvalue weighted by molar-refractivity contribution is 5.47. The summed E-state index contributed by atoms with van der Waals surface area (Å²) < 4.78 is 6.98. The van der Waals surface area contributed by atoms with E-state index in [0.717, 1.165) is 22.7 Å². The number of nitrogens with two attached hydrogens (primary N) is 1. The molecule has 5 nitrogen and oxygen atoms in total. The van der Waals surface area contributed by atoms with Crippen molar-refractivity contribution in [2.75, 3.05) is 12.8 Å². The van der Waals surface area contributed by atoms with Crippen molar-refractivity contribution >= 4 is 11.5 Å². The van der Waals surface area contributed by atoms with Crippen molar-refractivity contribution < 1.29 is 4.74 Å². The van der Waals surface area contributed by atoms with Crippen LogP contribution >= 0.6 is 0 Å². The van der Waals surface area contributed by atoms with E-state index in [0.29, 0.717) is 12.2 Å². The molecule has 2 aromatic heterocycles. The molecule has 5 heteroatoms. The Morgan fingerprint density at radius 2 is 2.11 bits per heavy atom. The Kier molecular flexibility index (Phi) is 2.79. The molecule has 0 spiro atoms. The Balaban J connectivity index is 1.99. The number of fused-ring (bicyclic) bond motifs is 1. The lowest BCUT2D eigenvalue weighted by Gasteiger charge is -2.05. The SMILES string of the molecule is COc1ccccc1Cc1cc2nccc(N)n2n1.